The van der Waals surface area contributed by atoms with E-state index in [2.05, 4.69) is 34.6 Å². The van der Waals surface area contributed by atoms with Gasteiger partial charge >= 0.3 is 17.9 Å². The smallest absolute Gasteiger partial charge is 0.312 e. The molecule has 0 aromatic heterocycles. The fourth-order valence-corrected chi connectivity index (χ4v) is 3.22. The third kappa shape index (κ3) is 5.80. The molecule has 1 unspecified atom stereocenters. The van der Waals surface area contributed by atoms with E-state index in [0.29, 0.717) is 0 Å². The van der Waals surface area contributed by atoms with Gasteiger partial charge in [0.05, 0.1) is 5.41 Å². The molecular weight excluding hydrogens is 312 g/mol. The van der Waals surface area contributed by atoms with Crippen molar-refractivity contribution in [1.29, 1.82) is 0 Å². The molecule has 1 aliphatic rings. The van der Waals surface area contributed by atoms with Crippen molar-refractivity contribution in [2.45, 2.75) is 66.7 Å². The summed E-state index contributed by atoms with van der Waals surface area (Å²) in [5.41, 5.74) is -0.481. The SMILES string of the molecule is CC(C)(C)CC1(C(=O)OCCOC(=O)CCCC(=O)O)CC1(C)C. The molecule has 0 spiro atoms. The summed E-state index contributed by atoms with van der Waals surface area (Å²) in [4.78, 5) is 34.3. The van der Waals surface area contributed by atoms with Crippen LogP contribution in [0.25, 0.3) is 0 Å². The summed E-state index contributed by atoms with van der Waals surface area (Å²) >= 11 is 0. The van der Waals surface area contributed by atoms with Crippen LogP contribution in [0.4, 0.5) is 0 Å². The first-order valence-corrected chi connectivity index (χ1v) is 8.44. The van der Waals surface area contributed by atoms with Crippen LogP contribution in [-0.2, 0) is 23.9 Å². The first-order chi connectivity index (χ1) is 10.9. The highest BCUT2D eigenvalue weighted by molar-refractivity contribution is 5.82. The fourth-order valence-electron chi connectivity index (χ4n) is 3.22. The molecule has 0 aliphatic heterocycles. The molecule has 0 heterocycles. The molecule has 1 aliphatic carbocycles. The van der Waals surface area contributed by atoms with Gasteiger partial charge < -0.3 is 14.6 Å². The van der Waals surface area contributed by atoms with Gasteiger partial charge in [-0.15, -0.1) is 0 Å². The third-order valence-electron chi connectivity index (χ3n) is 4.49. The molecule has 1 saturated carbocycles. The second kappa shape index (κ2) is 7.53. The van der Waals surface area contributed by atoms with Gasteiger partial charge in [0.2, 0.25) is 0 Å². The van der Waals surface area contributed by atoms with E-state index in [0.717, 1.165) is 12.8 Å². The highest BCUT2D eigenvalue weighted by atomic mass is 16.6. The highest BCUT2D eigenvalue weighted by Gasteiger charge is 2.67. The van der Waals surface area contributed by atoms with Crippen molar-refractivity contribution in [2.75, 3.05) is 13.2 Å². The zero-order valence-corrected chi connectivity index (χ0v) is 15.4. The van der Waals surface area contributed by atoms with Gasteiger partial charge in [0, 0.05) is 12.8 Å². The quantitative estimate of drug-likeness (QED) is 0.511. The minimum absolute atomic E-state index is 0.00364. The van der Waals surface area contributed by atoms with Gasteiger partial charge in [0.1, 0.15) is 13.2 Å². The maximum atomic E-state index is 12.5. The molecule has 0 radical (unpaired) electrons. The lowest BCUT2D eigenvalue weighted by Crippen LogP contribution is -2.29. The standard InChI is InChI=1S/C18H30O6/c1-16(2,3)11-18(12-17(18,4)5)15(22)24-10-9-23-14(21)8-6-7-13(19)20/h6-12H2,1-5H3,(H,19,20). The van der Waals surface area contributed by atoms with E-state index < -0.39 is 17.4 Å². The monoisotopic (exact) mass is 342 g/mol. The van der Waals surface area contributed by atoms with Crippen LogP contribution in [0.2, 0.25) is 0 Å². The van der Waals surface area contributed by atoms with Crippen LogP contribution in [0.5, 0.6) is 0 Å². The number of carboxylic acids is 1. The molecule has 0 amide bonds. The largest absolute Gasteiger partial charge is 0.481 e. The van der Waals surface area contributed by atoms with E-state index in [9.17, 15) is 14.4 Å². The molecule has 0 aromatic rings. The van der Waals surface area contributed by atoms with Crippen LogP contribution < -0.4 is 0 Å². The van der Waals surface area contributed by atoms with Crippen LogP contribution in [0.1, 0.15) is 66.7 Å². The summed E-state index contributed by atoms with van der Waals surface area (Å²) < 4.78 is 10.3. The number of hydrogen-bond acceptors (Lipinski definition) is 5. The Morgan fingerprint density at radius 3 is 2.04 bits per heavy atom. The number of ether oxygens (including phenoxy) is 2. The molecule has 1 atom stereocenters. The average Bonchev–Trinajstić information content (AvgIpc) is 2.94. The Hall–Kier alpha value is -1.59. The molecule has 1 rings (SSSR count). The van der Waals surface area contributed by atoms with Crippen molar-refractivity contribution in [3.63, 3.8) is 0 Å². The summed E-state index contributed by atoms with van der Waals surface area (Å²) in [6.07, 6.45) is 1.82. The topological polar surface area (TPSA) is 89.9 Å². The number of aliphatic carboxylic acids is 1. The Kier molecular flexibility index (Phi) is 6.42. The Bertz CT molecular complexity index is 488. The Balaban J connectivity index is 2.33. The lowest BCUT2D eigenvalue weighted by atomic mass is 9.79. The first kappa shape index (κ1) is 20.5. The maximum absolute atomic E-state index is 12.5. The van der Waals surface area contributed by atoms with Gasteiger partial charge in [-0.1, -0.05) is 34.6 Å². The van der Waals surface area contributed by atoms with E-state index in [-0.39, 0.29) is 49.3 Å². The predicted octanol–water partition coefficient (Wildman–Crippen LogP) is 3.18. The molecular formula is C18H30O6. The van der Waals surface area contributed by atoms with Crippen LogP contribution in [0.3, 0.4) is 0 Å². The maximum Gasteiger partial charge on any atom is 0.312 e. The third-order valence-corrected chi connectivity index (χ3v) is 4.49. The second-order valence-corrected chi connectivity index (χ2v) is 8.48. The zero-order valence-electron chi connectivity index (χ0n) is 15.4. The molecule has 24 heavy (non-hydrogen) atoms. The first-order valence-electron chi connectivity index (χ1n) is 8.44. The predicted molar refractivity (Wildman–Crippen MR) is 88.3 cm³/mol. The number of carbonyl (C=O) groups excluding carboxylic acids is 2. The van der Waals surface area contributed by atoms with Gasteiger partial charge in [0.25, 0.3) is 0 Å². The molecule has 0 bridgehead atoms. The number of carbonyl (C=O) groups is 3. The van der Waals surface area contributed by atoms with E-state index in [1.165, 1.54) is 0 Å². The van der Waals surface area contributed by atoms with Gasteiger partial charge in [0.15, 0.2) is 0 Å². The minimum Gasteiger partial charge on any atom is -0.481 e. The van der Waals surface area contributed by atoms with Crippen LogP contribution in [-0.4, -0.2) is 36.2 Å². The summed E-state index contributed by atoms with van der Waals surface area (Å²) in [5, 5.41) is 8.50. The van der Waals surface area contributed by atoms with Crippen LogP contribution >= 0.6 is 0 Å². The fraction of sp³-hybridized carbons (Fsp3) is 0.833. The lowest BCUT2D eigenvalue weighted by Gasteiger charge is -2.27. The van der Waals surface area contributed by atoms with E-state index >= 15 is 0 Å². The number of esters is 2. The highest BCUT2D eigenvalue weighted by Crippen LogP contribution is 2.68. The van der Waals surface area contributed by atoms with Gasteiger partial charge in [-0.05, 0) is 30.1 Å². The van der Waals surface area contributed by atoms with Crippen molar-refractivity contribution in [1.82, 2.24) is 0 Å². The van der Waals surface area contributed by atoms with Gasteiger partial charge in [-0.2, -0.15) is 0 Å². The Morgan fingerprint density at radius 2 is 1.58 bits per heavy atom. The molecule has 1 N–H and O–H groups in total. The zero-order chi connectivity index (χ0) is 18.6. The van der Waals surface area contributed by atoms with Crippen molar-refractivity contribution in [2.24, 2.45) is 16.2 Å². The molecule has 0 saturated heterocycles. The minimum atomic E-state index is -0.937. The molecule has 138 valence electrons. The average molecular weight is 342 g/mol. The van der Waals surface area contributed by atoms with Gasteiger partial charge in [-0.25, -0.2) is 0 Å². The summed E-state index contributed by atoms with van der Waals surface area (Å²) in [6, 6.07) is 0. The Labute approximate surface area is 143 Å². The molecule has 0 aromatic carbocycles. The van der Waals surface area contributed by atoms with Crippen molar-refractivity contribution in [3.8, 4) is 0 Å². The van der Waals surface area contributed by atoms with Crippen LogP contribution in [0.15, 0.2) is 0 Å². The van der Waals surface area contributed by atoms with Crippen LogP contribution in [0, 0.1) is 16.2 Å². The molecule has 6 heteroatoms. The van der Waals surface area contributed by atoms with E-state index in [1.54, 1.807) is 0 Å². The number of carboxylic acid groups (broad SMARTS) is 1. The van der Waals surface area contributed by atoms with Gasteiger partial charge in [-0.3, -0.25) is 14.4 Å². The number of rotatable bonds is 9. The second-order valence-electron chi connectivity index (χ2n) is 8.48. The van der Waals surface area contributed by atoms with E-state index in [1.807, 2.05) is 0 Å². The van der Waals surface area contributed by atoms with E-state index in [4.69, 9.17) is 14.6 Å². The summed E-state index contributed by atoms with van der Waals surface area (Å²) in [7, 11) is 0. The Morgan fingerprint density at radius 1 is 1.04 bits per heavy atom. The molecule has 6 nitrogen and oxygen atoms in total. The summed E-state index contributed by atoms with van der Waals surface area (Å²) in [5.74, 6) is -1.62. The summed E-state index contributed by atoms with van der Waals surface area (Å²) in [6.45, 7) is 10.5. The lowest BCUT2D eigenvalue weighted by molar-refractivity contribution is -0.158. The van der Waals surface area contributed by atoms with Crippen molar-refractivity contribution >= 4 is 17.9 Å². The van der Waals surface area contributed by atoms with Crippen molar-refractivity contribution in [3.05, 3.63) is 0 Å². The normalized spacial score (nSPS) is 21.9. The number of hydrogen-bond donors (Lipinski definition) is 1. The van der Waals surface area contributed by atoms with Crippen molar-refractivity contribution < 1.29 is 29.0 Å². The molecule has 1 fully saturated rings.